The molecule has 0 N–H and O–H groups in total. The van der Waals surface area contributed by atoms with Crippen LogP contribution in [-0.2, 0) is 36.7 Å². The fourth-order valence-corrected chi connectivity index (χ4v) is 3.72. The Kier molecular flexibility index (Phi) is 9.54. The van der Waals surface area contributed by atoms with Crippen LogP contribution in [0.4, 0.5) is 13.2 Å². The maximum Gasteiger partial charge on any atom is 0.417 e. The molecule has 0 aliphatic heterocycles. The van der Waals surface area contributed by atoms with Crippen molar-refractivity contribution in [2.24, 2.45) is 5.41 Å². The van der Waals surface area contributed by atoms with E-state index in [4.69, 9.17) is 23.8 Å². The van der Waals surface area contributed by atoms with Crippen molar-refractivity contribution in [1.82, 2.24) is 5.06 Å². The fourth-order valence-electron chi connectivity index (χ4n) is 3.20. The van der Waals surface area contributed by atoms with Crippen LogP contribution in [0.2, 0.25) is 0 Å². The van der Waals surface area contributed by atoms with Gasteiger partial charge in [0.25, 0.3) is 16.0 Å². The molecule has 0 saturated carbocycles. The summed E-state index contributed by atoms with van der Waals surface area (Å²) < 4.78 is 79.3. The largest absolute Gasteiger partial charge is 0.497 e. The van der Waals surface area contributed by atoms with Gasteiger partial charge in [-0.1, -0.05) is 26.0 Å². The molecule has 13 heteroatoms. The molecule has 0 fully saturated rings. The van der Waals surface area contributed by atoms with Crippen molar-refractivity contribution in [2.45, 2.75) is 32.7 Å². The molecule has 0 radical (unpaired) electrons. The topological polar surface area (TPSA) is 115 Å². The molecule has 2 rings (SSSR count). The molecule has 1 unspecified atom stereocenters. The summed E-state index contributed by atoms with van der Waals surface area (Å²) in [5, 5.41) is 9.98. The summed E-state index contributed by atoms with van der Waals surface area (Å²) in [5.74, 6) is -0.587. The van der Waals surface area contributed by atoms with E-state index in [1.54, 1.807) is 24.3 Å². The number of carbonyl (C=O) groups is 1. The third-order valence-electron chi connectivity index (χ3n) is 5.20. The summed E-state index contributed by atoms with van der Waals surface area (Å²) in [5.41, 5.74) is -2.60. The first kappa shape index (κ1) is 29.9. The lowest BCUT2D eigenvalue weighted by molar-refractivity contribution is -0.192. The van der Waals surface area contributed by atoms with E-state index in [9.17, 15) is 26.4 Å². The molecule has 0 aromatic heterocycles. The zero-order chi connectivity index (χ0) is 28.0. The van der Waals surface area contributed by atoms with E-state index in [1.165, 1.54) is 34.1 Å². The number of ether oxygens (including phenoxy) is 2. The van der Waals surface area contributed by atoms with Crippen molar-refractivity contribution in [1.29, 1.82) is 5.26 Å². The summed E-state index contributed by atoms with van der Waals surface area (Å²) in [6.45, 7) is 2.32. The summed E-state index contributed by atoms with van der Waals surface area (Å²) in [7, 11) is -1.19. The van der Waals surface area contributed by atoms with E-state index < -0.39 is 51.5 Å². The number of hydroxylamine groups is 2. The summed E-state index contributed by atoms with van der Waals surface area (Å²) in [6, 6.07) is 10.8. The van der Waals surface area contributed by atoms with Gasteiger partial charge in [-0.2, -0.15) is 26.9 Å². The molecule has 0 aliphatic rings. The second kappa shape index (κ2) is 11.8. The van der Waals surface area contributed by atoms with Crippen LogP contribution in [0.15, 0.2) is 42.5 Å². The van der Waals surface area contributed by atoms with Crippen LogP contribution in [0, 0.1) is 16.7 Å². The highest BCUT2D eigenvalue weighted by molar-refractivity contribution is 7.85. The molecule has 0 spiro atoms. The molecule has 202 valence electrons. The van der Waals surface area contributed by atoms with Crippen LogP contribution >= 0.6 is 0 Å². The highest BCUT2D eigenvalue weighted by Gasteiger charge is 2.42. The normalized spacial score (nSPS) is 12.9. The summed E-state index contributed by atoms with van der Waals surface area (Å²) >= 11 is 0. The third kappa shape index (κ3) is 8.34. The van der Waals surface area contributed by atoms with Gasteiger partial charge < -0.3 is 9.47 Å². The van der Waals surface area contributed by atoms with Gasteiger partial charge in [-0.15, -0.1) is 0 Å². The minimum atomic E-state index is -4.86. The zero-order valence-electron chi connectivity index (χ0n) is 20.8. The van der Waals surface area contributed by atoms with Crippen LogP contribution < -0.4 is 9.47 Å². The van der Waals surface area contributed by atoms with E-state index in [-0.39, 0.29) is 12.3 Å². The summed E-state index contributed by atoms with van der Waals surface area (Å²) in [6.07, 6.45) is -5.59. The predicted molar refractivity (Wildman–Crippen MR) is 126 cm³/mol. The first-order chi connectivity index (χ1) is 17.1. The molecular formula is C24H27F3N2O7S. The number of methoxy groups -OCH3 is 1. The Hall–Kier alpha value is -3.34. The van der Waals surface area contributed by atoms with Crippen molar-refractivity contribution < 1.29 is 44.9 Å². The lowest BCUT2D eigenvalue weighted by Crippen LogP contribution is -2.50. The Morgan fingerprint density at radius 3 is 2.16 bits per heavy atom. The van der Waals surface area contributed by atoms with Crippen LogP contribution in [0.1, 0.15) is 30.5 Å². The maximum absolute atomic E-state index is 13.6. The number of amides is 1. The number of hydrogen-bond acceptors (Lipinski definition) is 8. The first-order valence-electron chi connectivity index (χ1n) is 10.7. The number of rotatable bonds is 11. The average Bonchev–Trinajstić information content (AvgIpc) is 2.83. The number of nitriles is 1. The van der Waals surface area contributed by atoms with Crippen molar-refractivity contribution in [3.8, 4) is 17.6 Å². The molecule has 0 aliphatic carbocycles. The molecule has 37 heavy (non-hydrogen) atoms. The van der Waals surface area contributed by atoms with Crippen molar-refractivity contribution in [2.75, 3.05) is 27.1 Å². The Morgan fingerprint density at radius 1 is 1.08 bits per heavy atom. The number of carbonyl (C=O) groups excluding carboxylic acids is 1. The van der Waals surface area contributed by atoms with Crippen LogP contribution in [0.3, 0.4) is 0 Å². The van der Waals surface area contributed by atoms with Crippen molar-refractivity contribution in [3.63, 3.8) is 0 Å². The van der Waals surface area contributed by atoms with Gasteiger partial charge in [-0.05, 0) is 35.9 Å². The van der Waals surface area contributed by atoms with E-state index >= 15 is 0 Å². The molecule has 0 heterocycles. The minimum absolute atomic E-state index is 0.0661. The smallest absolute Gasteiger partial charge is 0.417 e. The van der Waals surface area contributed by atoms with Gasteiger partial charge >= 0.3 is 6.18 Å². The van der Waals surface area contributed by atoms with E-state index in [2.05, 4.69) is 0 Å². The number of benzene rings is 2. The molecule has 1 atom stereocenters. The van der Waals surface area contributed by atoms with E-state index in [0.29, 0.717) is 17.4 Å². The van der Waals surface area contributed by atoms with Crippen LogP contribution in [0.25, 0.3) is 0 Å². The number of nitrogens with zero attached hydrogens (tertiary/aromatic N) is 2. The standard InChI is InChI=1S/C24H27F3N2O7S/c1-23(2,15-35-37(5,31)32)21(36-19-11-8-17(13-28)20(12-19)24(25,26)27)22(30)29(34-4)14-16-6-9-18(33-3)10-7-16/h6-12,21H,14-15H2,1-5H3. The van der Waals surface area contributed by atoms with E-state index in [1.807, 2.05) is 0 Å². The molecule has 9 nitrogen and oxygen atoms in total. The lowest BCUT2D eigenvalue weighted by atomic mass is 9.86. The van der Waals surface area contributed by atoms with Crippen molar-refractivity contribution >= 4 is 16.0 Å². The van der Waals surface area contributed by atoms with Gasteiger partial charge in [-0.25, -0.2) is 5.06 Å². The highest BCUT2D eigenvalue weighted by Crippen LogP contribution is 2.36. The SMILES string of the molecule is COc1ccc(CN(OC)C(=O)C(Oc2ccc(C#N)c(C(F)(F)F)c2)C(C)(C)COS(C)(=O)=O)cc1. The summed E-state index contributed by atoms with van der Waals surface area (Å²) in [4.78, 5) is 18.8. The second-order valence-electron chi connectivity index (χ2n) is 8.68. The molecule has 0 bridgehead atoms. The Balaban J connectivity index is 2.46. The maximum atomic E-state index is 13.6. The predicted octanol–water partition coefficient (Wildman–Crippen LogP) is 3.93. The highest BCUT2D eigenvalue weighted by atomic mass is 32.2. The van der Waals surface area contributed by atoms with Crippen LogP contribution in [0.5, 0.6) is 11.5 Å². The van der Waals surface area contributed by atoms with Gasteiger partial charge in [0, 0.05) is 5.41 Å². The Labute approximate surface area is 213 Å². The number of alkyl halides is 3. The van der Waals surface area contributed by atoms with Gasteiger partial charge in [0.1, 0.15) is 11.5 Å². The Morgan fingerprint density at radius 2 is 1.68 bits per heavy atom. The molecule has 1 amide bonds. The molecule has 2 aromatic rings. The monoisotopic (exact) mass is 544 g/mol. The zero-order valence-corrected chi connectivity index (χ0v) is 21.6. The molecular weight excluding hydrogens is 517 g/mol. The third-order valence-corrected chi connectivity index (χ3v) is 5.75. The second-order valence-corrected chi connectivity index (χ2v) is 10.3. The minimum Gasteiger partial charge on any atom is -0.497 e. The number of hydrogen-bond donors (Lipinski definition) is 0. The van der Waals surface area contributed by atoms with Crippen LogP contribution in [-0.4, -0.2) is 52.6 Å². The average molecular weight is 545 g/mol. The quantitative estimate of drug-likeness (QED) is 0.309. The Bertz CT molecular complexity index is 1240. The fraction of sp³-hybridized carbons (Fsp3) is 0.417. The number of halogens is 3. The van der Waals surface area contributed by atoms with Gasteiger partial charge in [0.2, 0.25) is 0 Å². The van der Waals surface area contributed by atoms with E-state index in [0.717, 1.165) is 23.5 Å². The first-order valence-corrected chi connectivity index (χ1v) is 12.5. The van der Waals surface area contributed by atoms with Gasteiger partial charge in [0.15, 0.2) is 6.10 Å². The lowest BCUT2D eigenvalue weighted by Gasteiger charge is -2.35. The van der Waals surface area contributed by atoms with Crippen molar-refractivity contribution in [3.05, 3.63) is 59.2 Å². The molecule has 2 aromatic carbocycles. The van der Waals surface area contributed by atoms with Gasteiger partial charge in [0.05, 0.1) is 50.8 Å². The van der Waals surface area contributed by atoms with Gasteiger partial charge in [-0.3, -0.25) is 13.8 Å². The molecule has 0 saturated heterocycles.